The van der Waals surface area contributed by atoms with Crippen LogP contribution >= 0.6 is 49.9 Å². The molecular formula is C24H19BrN2O3S3. The molecule has 0 spiro atoms. The molecular weight excluding hydrogens is 540 g/mol. The van der Waals surface area contributed by atoms with E-state index in [0.29, 0.717) is 33.9 Å². The highest BCUT2D eigenvalue weighted by Crippen LogP contribution is 2.39. The van der Waals surface area contributed by atoms with E-state index >= 15 is 0 Å². The zero-order valence-electron chi connectivity index (χ0n) is 17.6. The maximum absolute atomic E-state index is 12.6. The van der Waals surface area contributed by atoms with Gasteiger partial charge >= 0.3 is 0 Å². The minimum absolute atomic E-state index is 0.00963. The molecule has 3 heterocycles. The van der Waals surface area contributed by atoms with Crippen LogP contribution in [0.5, 0.6) is 5.75 Å². The highest BCUT2D eigenvalue weighted by molar-refractivity contribution is 9.10. The molecule has 0 radical (unpaired) electrons. The smallest absolute Gasteiger partial charge is 0.194 e. The van der Waals surface area contributed by atoms with Crippen molar-refractivity contribution >= 4 is 67.2 Å². The van der Waals surface area contributed by atoms with Crippen molar-refractivity contribution in [2.24, 2.45) is 4.99 Å². The summed E-state index contributed by atoms with van der Waals surface area (Å²) in [5.41, 5.74) is 4.79. The lowest BCUT2D eigenvalue weighted by Gasteiger charge is -2.02. The minimum atomic E-state index is -0.152. The van der Waals surface area contributed by atoms with E-state index in [1.165, 1.54) is 34.0 Å². The number of rotatable bonds is 9. The molecule has 168 valence electrons. The molecule has 0 bridgehead atoms. The van der Waals surface area contributed by atoms with Crippen LogP contribution in [-0.4, -0.2) is 33.9 Å². The number of thiazole rings is 1. The van der Waals surface area contributed by atoms with Gasteiger partial charge in [-0.2, -0.15) is 0 Å². The Balaban J connectivity index is 1.39. The van der Waals surface area contributed by atoms with Crippen LogP contribution in [0.15, 0.2) is 62.1 Å². The molecule has 0 fully saturated rings. The fraction of sp³-hybridized carbons (Fsp3) is 0.167. The summed E-state index contributed by atoms with van der Waals surface area (Å²) in [6, 6.07) is 11.1. The molecule has 1 N–H and O–H groups in total. The Morgan fingerprint density at radius 1 is 1.06 bits per heavy atom. The fourth-order valence-corrected chi connectivity index (χ4v) is 5.90. The summed E-state index contributed by atoms with van der Waals surface area (Å²) in [6.45, 7) is 1.74. The Morgan fingerprint density at radius 3 is 2.48 bits per heavy atom. The summed E-state index contributed by atoms with van der Waals surface area (Å²) >= 11 is 7.56. The van der Waals surface area contributed by atoms with Gasteiger partial charge in [0.25, 0.3) is 0 Å². The molecule has 33 heavy (non-hydrogen) atoms. The normalized spacial score (nSPS) is 11.6. The number of thiophene rings is 2. The number of aromatic hydroxyl groups is 1. The van der Waals surface area contributed by atoms with Gasteiger partial charge in [0, 0.05) is 32.9 Å². The van der Waals surface area contributed by atoms with E-state index in [1.807, 2.05) is 35.0 Å². The molecule has 0 saturated heterocycles. The molecule has 0 unspecified atom stereocenters. The Bertz CT molecular complexity index is 1310. The molecule has 0 amide bonds. The van der Waals surface area contributed by atoms with Gasteiger partial charge in [0.1, 0.15) is 12.3 Å². The van der Waals surface area contributed by atoms with Crippen molar-refractivity contribution in [3.63, 3.8) is 0 Å². The van der Waals surface area contributed by atoms with E-state index in [0.717, 1.165) is 20.6 Å². The number of nitrogens with zero attached hydrogens (tertiary/aromatic N) is 2. The number of ketones is 2. The van der Waals surface area contributed by atoms with Crippen molar-refractivity contribution in [2.45, 2.75) is 19.8 Å². The SMILES string of the molecule is CC(=NCC(=O)c1ccc(C(=O)CCc2cscn2)s1)c1csc(-c2ccc(Br)cc2)c1O. The highest BCUT2D eigenvalue weighted by atomic mass is 79.9. The van der Waals surface area contributed by atoms with Crippen molar-refractivity contribution in [1.29, 1.82) is 0 Å². The number of hydrogen-bond acceptors (Lipinski definition) is 8. The standard InChI is InChI=1S/C24H19BrN2O3S3/c1-14(18-12-32-24(23(18)30)15-2-4-16(25)5-3-15)26-10-20(29)22-9-8-21(33-22)19(28)7-6-17-11-31-13-27-17/h2-5,8-9,11-13,30H,6-7,10H2,1H3. The van der Waals surface area contributed by atoms with Crippen LogP contribution in [0.2, 0.25) is 0 Å². The molecule has 0 aliphatic heterocycles. The van der Waals surface area contributed by atoms with Crippen LogP contribution in [0, 0.1) is 0 Å². The van der Waals surface area contributed by atoms with Crippen molar-refractivity contribution < 1.29 is 14.7 Å². The predicted molar refractivity (Wildman–Crippen MR) is 140 cm³/mol. The van der Waals surface area contributed by atoms with Crippen LogP contribution < -0.4 is 0 Å². The van der Waals surface area contributed by atoms with E-state index in [2.05, 4.69) is 25.9 Å². The Hall–Kier alpha value is -2.46. The van der Waals surface area contributed by atoms with Crippen molar-refractivity contribution in [3.8, 4) is 16.2 Å². The number of aliphatic imine (C=N–C) groups is 1. The number of aryl methyl sites for hydroxylation is 1. The Labute approximate surface area is 211 Å². The van der Waals surface area contributed by atoms with Gasteiger partial charge in [-0.1, -0.05) is 28.1 Å². The third-order valence-corrected chi connectivity index (χ3v) is 8.32. The van der Waals surface area contributed by atoms with Gasteiger partial charge in [0.2, 0.25) is 0 Å². The summed E-state index contributed by atoms with van der Waals surface area (Å²) in [5.74, 6) is 0.0243. The summed E-state index contributed by atoms with van der Waals surface area (Å²) in [4.78, 5) is 35.5. The molecule has 4 rings (SSSR count). The van der Waals surface area contributed by atoms with Crippen molar-refractivity contribution in [1.82, 2.24) is 4.98 Å². The second kappa shape index (κ2) is 10.6. The number of benzene rings is 1. The van der Waals surface area contributed by atoms with Gasteiger partial charge in [0.05, 0.1) is 25.8 Å². The van der Waals surface area contributed by atoms with Gasteiger partial charge in [-0.3, -0.25) is 14.6 Å². The van der Waals surface area contributed by atoms with E-state index in [9.17, 15) is 14.7 Å². The summed E-state index contributed by atoms with van der Waals surface area (Å²) < 4.78 is 0.969. The van der Waals surface area contributed by atoms with Gasteiger partial charge < -0.3 is 5.11 Å². The maximum atomic E-state index is 12.6. The fourth-order valence-electron chi connectivity index (χ4n) is 3.13. The number of Topliss-reactive ketones (excluding diaryl/α,β-unsaturated/α-hetero) is 2. The molecule has 0 saturated carbocycles. The molecule has 3 aromatic heterocycles. The molecule has 0 aliphatic carbocycles. The average Bonchev–Trinajstić information content (AvgIpc) is 3.57. The lowest BCUT2D eigenvalue weighted by molar-refractivity contribution is 0.0984. The van der Waals surface area contributed by atoms with Crippen LogP contribution in [0.1, 0.15) is 43.9 Å². The third kappa shape index (κ3) is 5.73. The molecule has 0 atom stereocenters. The van der Waals surface area contributed by atoms with E-state index < -0.39 is 0 Å². The van der Waals surface area contributed by atoms with Crippen LogP contribution in [0.3, 0.4) is 0 Å². The number of aromatic nitrogens is 1. The Morgan fingerprint density at radius 2 is 1.79 bits per heavy atom. The first-order chi connectivity index (χ1) is 15.9. The van der Waals surface area contributed by atoms with Crippen molar-refractivity contribution in [3.05, 3.63) is 78.2 Å². The first-order valence-electron chi connectivity index (χ1n) is 10.0. The quantitative estimate of drug-likeness (QED) is 0.179. The monoisotopic (exact) mass is 558 g/mol. The molecule has 9 heteroatoms. The number of halogens is 1. The van der Waals surface area contributed by atoms with Crippen LogP contribution in [-0.2, 0) is 6.42 Å². The highest BCUT2D eigenvalue weighted by Gasteiger charge is 2.17. The third-order valence-electron chi connectivity index (χ3n) is 4.97. The van der Waals surface area contributed by atoms with Crippen LogP contribution in [0.25, 0.3) is 10.4 Å². The average molecular weight is 560 g/mol. The van der Waals surface area contributed by atoms with Crippen LogP contribution in [0.4, 0.5) is 0 Å². The topological polar surface area (TPSA) is 79.6 Å². The summed E-state index contributed by atoms with van der Waals surface area (Å²) in [7, 11) is 0. The van der Waals surface area contributed by atoms with E-state index in [-0.39, 0.29) is 23.9 Å². The van der Waals surface area contributed by atoms with Gasteiger partial charge in [-0.05, 0) is 43.2 Å². The lowest BCUT2D eigenvalue weighted by Crippen LogP contribution is -2.04. The van der Waals surface area contributed by atoms with Crippen molar-refractivity contribution in [2.75, 3.05) is 6.54 Å². The molecule has 1 aromatic carbocycles. The van der Waals surface area contributed by atoms with E-state index in [4.69, 9.17) is 0 Å². The second-order valence-electron chi connectivity index (χ2n) is 7.23. The molecule has 5 nitrogen and oxygen atoms in total. The maximum Gasteiger partial charge on any atom is 0.194 e. The molecule has 0 aliphatic rings. The number of hydrogen-bond donors (Lipinski definition) is 1. The minimum Gasteiger partial charge on any atom is -0.506 e. The lowest BCUT2D eigenvalue weighted by atomic mass is 10.1. The van der Waals surface area contributed by atoms with Gasteiger partial charge in [-0.25, -0.2) is 4.98 Å². The largest absolute Gasteiger partial charge is 0.506 e. The predicted octanol–water partition coefficient (Wildman–Crippen LogP) is 6.91. The number of carbonyl (C=O) groups excluding carboxylic acids is 2. The second-order valence-corrected chi connectivity index (χ2v) is 10.8. The zero-order chi connectivity index (χ0) is 23.4. The molecule has 4 aromatic rings. The Kier molecular flexibility index (Phi) is 7.64. The number of carbonyl (C=O) groups is 2. The first kappa shape index (κ1) is 23.7. The first-order valence-corrected chi connectivity index (χ1v) is 13.5. The summed E-state index contributed by atoms with van der Waals surface area (Å²) in [6.07, 6.45) is 0.965. The zero-order valence-corrected chi connectivity index (χ0v) is 21.6. The summed E-state index contributed by atoms with van der Waals surface area (Å²) in [5, 5.41) is 14.5. The van der Waals surface area contributed by atoms with E-state index in [1.54, 1.807) is 24.6 Å². The van der Waals surface area contributed by atoms with Gasteiger partial charge in [0.15, 0.2) is 11.6 Å². The van der Waals surface area contributed by atoms with Gasteiger partial charge in [-0.15, -0.1) is 34.0 Å².